The smallest absolute Gasteiger partial charge is 0.305 e. The van der Waals surface area contributed by atoms with E-state index in [1.165, 1.54) is 7.11 Å². The van der Waals surface area contributed by atoms with Crippen molar-refractivity contribution in [2.45, 2.75) is 37.0 Å². The van der Waals surface area contributed by atoms with Crippen molar-refractivity contribution in [3.05, 3.63) is 12.2 Å². The monoisotopic (exact) mass is 306 g/mol. The molecule has 0 aromatic heterocycles. The highest BCUT2D eigenvalue weighted by atomic mass is 32.2. The average Bonchev–Trinajstić information content (AvgIpc) is 2.61. The molecule has 20 heavy (non-hydrogen) atoms. The van der Waals surface area contributed by atoms with Crippen molar-refractivity contribution < 1.29 is 28.2 Å². The number of hydrogen-bond acceptors (Lipinski definition) is 6. The molecule has 0 aliphatic carbocycles. The van der Waals surface area contributed by atoms with Gasteiger partial charge in [-0.15, -0.1) is 0 Å². The van der Waals surface area contributed by atoms with Crippen LogP contribution in [0.25, 0.3) is 0 Å². The predicted octanol–water partition coefficient (Wildman–Crippen LogP) is 0.0424. The van der Waals surface area contributed by atoms with Crippen molar-refractivity contribution in [1.29, 1.82) is 0 Å². The number of sulfone groups is 1. The number of aliphatic hydroxyl groups is 2. The number of methoxy groups -OCH3 is 1. The molecular formula is C13H22O6S. The van der Waals surface area contributed by atoms with E-state index in [2.05, 4.69) is 4.74 Å². The Bertz CT molecular complexity index is 442. The summed E-state index contributed by atoms with van der Waals surface area (Å²) in [6.45, 7) is -0.332. The van der Waals surface area contributed by atoms with Gasteiger partial charge in [-0.05, 0) is 19.3 Å². The van der Waals surface area contributed by atoms with Gasteiger partial charge in [0.25, 0.3) is 0 Å². The van der Waals surface area contributed by atoms with Gasteiger partial charge in [0, 0.05) is 18.9 Å². The summed E-state index contributed by atoms with van der Waals surface area (Å²) in [6.07, 6.45) is 4.49. The quantitative estimate of drug-likeness (QED) is 0.391. The number of rotatable bonds is 7. The van der Waals surface area contributed by atoms with Crippen LogP contribution in [0.2, 0.25) is 0 Å². The van der Waals surface area contributed by atoms with Gasteiger partial charge in [-0.3, -0.25) is 4.79 Å². The van der Waals surface area contributed by atoms with Crippen LogP contribution in [-0.4, -0.2) is 55.4 Å². The molecule has 1 fully saturated rings. The van der Waals surface area contributed by atoms with Gasteiger partial charge < -0.3 is 14.9 Å². The standard InChI is InChI=1S/C13H22O6S/c1-19-13(16)7-5-3-2-4-6-12-10(8-14)11(15)9-20(12,17)18/h2,4,10-12,14-15H,3,5-9H2,1H3/t10-,11?,12-/m0/s1. The summed E-state index contributed by atoms with van der Waals surface area (Å²) in [5, 5.41) is 18.1. The first-order valence-corrected chi connectivity index (χ1v) is 8.36. The number of ether oxygens (including phenoxy) is 1. The number of esters is 1. The number of hydrogen-bond donors (Lipinski definition) is 2. The highest BCUT2D eigenvalue weighted by Crippen LogP contribution is 2.29. The van der Waals surface area contributed by atoms with Gasteiger partial charge in [0.2, 0.25) is 0 Å². The second-order valence-electron chi connectivity index (χ2n) is 4.96. The van der Waals surface area contributed by atoms with Crippen LogP contribution in [-0.2, 0) is 19.4 Å². The molecule has 7 heteroatoms. The van der Waals surface area contributed by atoms with Crippen LogP contribution in [0.5, 0.6) is 0 Å². The van der Waals surface area contributed by atoms with Crippen LogP contribution in [0, 0.1) is 5.92 Å². The Balaban J connectivity index is 2.41. The van der Waals surface area contributed by atoms with Crippen LogP contribution < -0.4 is 0 Å². The minimum absolute atomic E-state index is 0.264. The molecule has 1 unspecified atom stereocenters. The maximum absolute atomic E-state index is 11.8. The SMILES string of the molecule is COC(=O)CCCC=CC[C@H]1[C@@H](CO)C(O)CS1(=O)=O. The van der Waals surface area contributed by atoms with Gasteiger partial charge in [0.1, 0.15) is 0 Å². The fraction of sp³-hybridized carbons (Fsp3) is 0.769. The first kappa shape index (κ1) is 17.1. The molecule has 0 amide bonds. The average molecular weight is 306 g/mol. The number of carbonyl (C=O) groups excluding carboxylic acids is 1. The van der Waals surface area contributed by atoms with Crippen molar-refractivity contribution in [3.8, 4) is 0 Å². The van der Waals surface area contributed by atoms with Gasteiger partial charge in [-0.1, -0.05) is 12.2 Å². The van der Waals surface area contributed by atoms with E-state index in [0.717, 1.165) is 0 Å². The maximum Gasteiger partial charge on any atom is 0.305 e. The Morgan fingerprint density at radius 3 is 2.70 bits per heavy atom. The molecule has 2 N–H and O–H groups in total. The molecule has 1 aliphatic heterocycles. The molecule has 1 aliphatic rings. The van der Waals surface area contributed by atoms with Crippen LogP contribution in [0.15, 0.2) is 12.2 Å². The third-order valence-electron chi connectivity index (χ3n) is 3.56. The minimum atomic E-state index is -3.34. The Morgan fingerprint density at radius 2 is 2.10 bits per heavy atom. The van der Waals surface area contributed by atoms with E-state index in [4.69, 9.17) is 5.11 Å². The van der Waals surface area contributed by atoms with Crippen molar-refractivity contribution >= 4 is 15.8 Å². The molecule has 6 nitrogen and oxygen atoms in total. The Morgan fingerprint density at radius 1 is 1.40 bits per heavy atom. The van der Waals surface area contributed by atoms with E-state index in [1.807, 2.05) is 6.08 Å². The number of aliphatic hydroxyl groups excluding tert-OH is 2. The molecule has 1 rings (SSSR count). The lowest BCUT2D eigenvalue weighted by molar-refractivity contribution is -0.140. The summed E-state index contributed by atoms with van der Waals surface area (Å²) in [6, 6.07) is 0. The molecule has 1 saturated heterocycles. The van der Waals surface area contributed by atoms with E-state index in [9.17, 15) is 18.3 Å². The highest BCUT2D eigenvalue weighted by molar-refractivity contribution is 7.92. The van der Waals surface area contributed by atoms with Gasteiger partial charge >= 0.3 is 5.97 Å². The maximum atomic E-state index is 11.8. The lowest BCUT2D eigenvalue weighted by atomic mass is 9.98. The molecule has 0 aromatic carbocycles. The summed E-state index contributed by atoms with van der Waals surface area (Å²) in [4.78, 5) is 10.9. The second-order valence-corrected chi connectivity index (χ2v) is 7.22. The second kappa shape index (κ2) is 7.75. The highest BCUT2D eigenvalue weighted by Gasteiger charge is 2.45. The van der Waals surface area contributed by atoms with Gasteiger partial charge in [-0.25, -0.2) is 8.42 Å². The Hall–Kier alpha value is -0.920. The Kier molecular flexibility index (Phi) is 6.64. The van der Waals surface area contributed by atoms with Crippen LogP contribution >= 0.6 is 0 Å². The third-order valence-corrected chi connectivity index (χ3v) is 5.83. The third kappa shape index (κ3) is 4.57. The van der Waals surface area contributed by atoms with Crippen LogP contribution in [0.1, 0.15) is 25.7 Å². The normalized spacial score (nSPS) is 28.9. The molecule has 0 aromatic rings. The van der Waals surface area contributed by atoms with E-state index in [0.29, 0.717) is 19.3 Å². The van der Waals surface area contributed by atoms with Gasteiger partial charge in [0.05, 0.1) is 24.2 Å². The Labute approximate surface area is 119 Å². The first-order valence-electron chi connectivity index (χ1n) is 6.64. The van der Waals surface area contributed by atoms with E-state index in [1.54, 1.807) is 6.08 Å². The van der Waals surface area contributed by atoms with Crippen molar-refractivity contribution in [1.82, 2.24) is 0 Å². The lowest BCUT2D eigenvalue weighted by Crippen LogP contribution is -2.28. The van der Waals surface area contributed by atoms with E-state index in [-0.39, 0.29) is 24.7 Å². The molecule has 0 saturated carbocycles. The zero-order chi connectivity index (χ0) is 15.2. The fourth-order valence-corrected chi connectivity index (χ4v) is 4.55. The molecule has 0 bridgehead atoms. The summed E-state index contributed by atoms with van der Waals surface area (Å²) < 4.78 is 28.2. The van der Waals surface area contributed by atoms with Gasteiger partial charge in [-0.2, -0.15) is 0 Å². The van der Waals surface area contributed by atoms with Crippen LogP contribution in [0.4, 0.5) is 0 Å². The van der Waals surface area contributed by atoms with Crippen LogP contribution in [0.3, 0.4) is 0 Å². The summed E-state index contributed by atoms with van der Waals surface area (Å²) in [7, 11) is -2.01. The molecular weight excluding hydrogens is 284 g/mol. The lowest BCUT2D eigenvalue weighted by Gasteiger charge is -2.16. The molecule has 116 valence electrons. The fourth-order valence-electron chi connectivity index (χ4n) is 2.37. The summed E-state index contributed by atoms with van der Waals surface area (Å²) >= 11 is 0. The largest absolute Gasteiger partial charge is 0.469 e. The first-order chi connectivity index (χ1) is 9.42. The van der Waals surface area contributed by atoms with Crippen molar-refractivity contribution in [2.24, 2.45) is 5.92 Å². The number of unbranched alkanes of at least 4 members (excludes halogenated alkanes) is 1. The molecule has 0 radical (unpaired) electrons. The number of carbonyl (C=O) groups is 1. The van der Waals surface area contributed by atoms with E-state index < -0.39 is 27.1 Å². The number of allylic oxidation sites excluding steroid dienone is 2. The predicted molar refractivity (Wildman–Crippen MR) is 73.8 cm³/mol. The van der Waals surface area contributed by atoms with Crippen molar-refractivity contribution in [3.63, 3.8) is 0 Å². The van der Waals surface area contributed by atoms with Gasteiger partial charge in [0.15, 0.2) is 9.84 Å². The molecule has 3 atom stereocenters. The molecule has 1 heterocycles. The summed E-state index contributed by atoms with van der Waals surface area (Å²) in [5.41, 5.74) is 0. The van der Waals surface area contributed by atoms with E-state index >= 15 is 0 Å². The summed E-state index contributed by atoms with van der Waals surface area (Å²) in [5.74, 6) is -1.15. The van der Waals surface area contributed by atoms with Crippen molar-refractivity contribution in [2.75, 3.05) is 19.5 Å². The zero-order valence-electron chi connectivity index (χ0n) is 11.6. The zero-order valence-corrected chi connectivity index (χ0v) is 12.4. The molecule has 0 spiro atoms. The minimum Gasteiger partial charge on any atom is -0.469 e. The topological polar surface area (TPSA) is 101 Å².